The van der Waals surface area contributed by atoms with Crippen molar-refractivity contribution in [3.63, 3.8) is 0 Å². The normalized spacial score (nSPS) is 15.2. The molecule has 1 N–H and O–H groups in total. The molecule has 156 valence electrons. The van der Waals surface area contributed by atoms with Crippen LogP contribution in [0.4, 0.5) is 5.82 Å². The Hall–Kier alpha value is -2.72. The van der Waals surface area contributed by atoms with E-state index in [2.05, 4.69) is 94.1 Å². The van der Waals surface area contributed by atoms with Gasteiger partial charge in [-0.05, 0) is 68.0 Å². The highest BCUT2D eigenvalue weighted by Gasteiger charge is 2.19. The number of rotatable bonds is 8. The number of aromatic nitrogens is 2. The van der Waals surface area contributed by atoms with Crippen molar-refractivity contribution in [2.75, 3.05) is 25.0 Å². The van der Waals surface area contributed by atoms with Crippen LogP contribution in [0.3, 0.4) is 0 Å². The number of likely N-dealkylation sites (tertiary alicyclic amines) is 1. The van der Waals surface area contributed by atoms with Crippen molar-refractivity contribution < 1.29 is 0 Å². The van der Waals surface area contributed by atoms with E-state index in [4.69, 9.17) is 0 Å². The van der Waals surface area contributed by atoms with Gasteiger partial charge in [0.05, 0.1) is 5.69 Å². The molecule has 4 heteroatoms. The molecule has 0 spiro atoms. The average molecular weight is 401 g/mol. The second kappa shape index (κ2) is 10.4. The van der Waals surface area contributed by atoms with E-state index in [1.807, 2.05) is 0 Å². The lowest BCUT2D eigenvalue weighted by molar-refractivity contribution is 0.174. The Labute approximate surface area is 180 Å². The molecule has 1 aromatic heterocycles. The van der Waals surface area contributed by atoms with Crippen LogP contribution in [-0.2, 0) is 13.0 Å². The minimum absolute atomic E-state index is 0.799. The SMILES string of the molecule is CCc1ccccc1-c1ccc(NCCC2CCN(Cc3ccccc3)CC2)nn1. The summed E-state index contributed by atoms with van der Waals surface area (Å²) in [5, 5.41) is 12.3. The van der Waals surface area contributed by atoms with Crippen molar-refractivity contribution in [1.29, 1.82) is 0 Å². The number of benzene rings is 2. The zero-order valence-electron chi connectivity index (χ0n) is 17.9. The molecular formula is C26H32N4. The largest absolute Gasteiger partial charge is 0.369 e. The number of piperidine rings is 1. The number of nitrogens with zero attached hydrogens (tertiary/aromatic N) is 3. The standard InChI is InChI=1S/C26H32N4/c1-2-23-10-6-7-11-24(23)25-12-13-26(29-28-25)27-17-14-21-15-18-30(19-16-21)20-22-8-4-3-5-9-22/h3-13,21H,2,14-20H2,1H3,(H,27,29). The van der Waals surface area contributed by atoms with E-state index in [0.29, 0.717) is 0 Å². The highest BCUT2D eigenvalue weighted by Crippen LogP contribution is 2.23. The van der Waals surface area contributed by atoms with Gasteiger partial charge >= 0.3 is 0 Å². The molecule has 0 saturated carbocycles. The van der Waals surface area contributed by atoms with E-state index in [0.717, 1.165) is 36.9 Å². The molecular weight excluding hydrogens is 368 g/mol. The van der Waals surface area contributed by atoms with Gasteiger partial charge in [-0.15, -0.1) is 10.2 Å². The van der Waals surface area contributed by atoms with Crippen LogP contribution in [0.1, 0.15) is 37.3 Å². The van der Waals surface area contributed by atoms with Gasteiger partial charge in [0.25, 0.3) is 0 Å². The molecule has 0 radical (unpaired) electrons. The molecule has 1 saturated heterocycles. The predicted octanol–water partition coefficient (Wildman–Crippen LogP) is 5.42. The Morgan fingerprint density at radius 3 is 2.40 bits per heavy atom. The lowest BCUT2D eigenvalue weighted by Crippen LogP contribution is -2.33. The van der Waals surface area contributed by atoms with E-state index in [1.54, 1.807) is 0 Å². The third kappa shape index (κ3) is 5.45. The molecule has 0 aliphatic carbocycles. The van der Waals surface area contributed by atoms with E-state index >= 15 is 0 Å². The summed E-state index contributed by atoms with van der Waals surface area (Å²) in [5.74, 6) is 1.67. The molecule has 3 aromatic rings. The van der Waals surface area contributed by atoms with Crippen molar-refractivity contribution in [3.05, 3.63) is 77.9 Å². The first kappa shape index (κ1) is 20.5. The summed E-state index contributed by atoms with van der Waals surface area (Å²) in [5.41, 5.74) is 4.86. The van der Waals surface area contributed by atoms with Crippen LogP contribution in [0.2, 0.25) is 0 Å². The number of nitrogens with one attached hydrogen (secondary N) is 1. The molecule has 2 aromatic carbocycles. The number of hydrogen-bond donors (Lipinski definition) is 1. The third-order valence-corrected chi connectivity index (χ3v) is 6.15. The molecule has 0 atom stereocenters. The molecule has 1 aliphatic heterocycles. The molecule has 4 nitrogen and oxygen atoms in total. The Morgan fingerprint density at radius 1 is 0.900 bits per heavy atom. The number of anilines is 1. The Morgan fingerprint density at radius 2 is 1.67 bits per heavy atom. The fourth-order valence-electron chi connectivity index (χ4n) is 4.33. The minimum Gasteiger partial charge on any atom is -0.369 e. The molecule has 2 heterocycles. The van der Waals surface area contributed by atoms with Gasteiger partial charge in [-0.25, -0.2) is 0 Å². The van der Waals surface area contributed by atoms with Crippen LogP contribution in [0.15, 0.2) is 66.7 Å². The van der Waals surface area contributed by atoms with Gasteiger partial charge < -0.3 is 5.32 Å². The Balaban J connectivity index is 1.21. The van der Waals surface area contributed by atoms with Gasteiger partial charge in [0.1, 0.15) is 5.82 Å². The van der Waals surface area contributed by atoms with Crippen LogP contribution >= 0.6 is 0 Å². The zero-order valence-corrected chi connectivity index (χ0v) is 17.9. The van der Waals surface area contributed by atoms with Gasteiger partial charge in [0.2, 0.25) is 0 Å². The summed E-state index contributed by atoms with van der Waals surface area (Å²) in [4.78, 5) is 2.58. The van der Waals surface area contributed by atoms with Crippen LogP contribution in [0.25, 0.3) is 11.3 Å². The molecule has 0 amide bonds. The Bertz CT molecular complexity index is 900. The number of hydrogen-bond acceptors (Lipinski definition) is 4. The summed E-state index contributed by atoms with van der Waals surface area (Å²) >= 11 is 0. The van der Waals surface area contributed by atoms with Gasteiger partial charge in [-0.1, -0.05) is 61.5 Å². The first-order valence-corrected chi connectivity index (χ1v) is 11.2. The molecule has 4 rings (SSSR count). The second-order valence-electron chi connectivity index (χ2n) is 8.24. The van der Waals surface area contributed by atoms with E-state index < -0.39 is 0 Å². The van der Waals surface area contributed by atoms with Gasteiger partial charge in [-0.2, -0.15) is 0 Å². The van der Waals surface area contributed by atoms with Crippen LogP contribution in [0.5, 0.6) is 0 Å². The van der Waals surface area contributed by atoms with Gasteiger partial charge in [-0.3, -0.25) is 4.90 Å². The summed E-state index contributed by atoms with van der Waals surface area (Å²) < 4.78 is 0. The summed E-state index contributed by atoms with van der Waals surface area (Å²) in [7, 11) is 0. The smallest absolute Gasteiger partial charge is 0.148 e. The number of aryl methyl sites for hydroxylation is 1. The summed E-state index contributed by atoms with van der Waals surface area (Å²) in [6.07, 6.45) is 4.77. The van der Waals surface area contributed by atoms with Crippen molar-refractivity contribution in [2.24, 2.45) is 5.92 Å². The topological polar surface area (TPSA) is 41.0 Å². The third-order valence-electron chi connectivity index (χ3n) is 6.15. The van der Waals surface area contributed by atoms with E-state index in [-0.39, 0.29) is 0 Å². The van der Waals surface area contributed by atoms with Crippen molar-refractivity contribution in [2.45, 2.75) is 39.2 Å². The highest BCUT2D eigenvalue weighted by atomic mass is 15.2. The van der Waals surface area contributed by atoms with Crippen molar-refractivity contribution in [1.82, 2.24) is 15.1 Å². The second-order valence-corrected chi connectivity index (χ2v) is 8.24. The molecule has 1 fully saturated rings. The quantitative estimate of drug-likeness (QED) is 0.548. The fourth-order valence-corrected chi connectivity index (χ4v) is 4.33. The lowest BCUT2D eigenvalue weighted by atomic mass is 9.93. The summed E-state index contributed by atoms with van der Waals surface area (Å²) in [6, 6.07) is 23.4. The van der Waals surface area contributed by atoms with Crippen LogP contribution in [-0.4, -0.2) is 34.7 Å². The lowest BCUT2D eigenvalue weighted by Gasteiger charge is -2.32. The van der Waals surface area contributed by atoms with Gasteiger partial charge in [0.15, 0.2) is 0 Å². The van der Waals surface area contributed by atoms with Crippen molar-refractivity contribution in [3.8, 4) is 11.3 Å². The maximum absolute atomic E-state index is 4.45. The predicted molar refractivity (Wildman–Crippen MR) is 124 cm³/mol. The van der Waals surface area contributed by atoms with Gasteiger partial charge in [0, 0.05) is 18.7 Å². The van der Waals surface area contributed by atoms with E-state index in [1.165, 1.54) is 49.0 Å². The van der Waals surface area contributed by atoms with Crippen LogP contribution < -0.4 is 5.32 Å². The average Bonchev–Trinajstić information content (AvgIpc) is 2.81. The molecule has 30 heavy (non-hydrogen) atoms. The molecule has 0 unspecified atom stereocenters. The monoisotopic (exact) mass is 400 g/mol. The summed E-state index contributed by atoms with van der Waals surface area (Å²) in [6.45, 7) is 6.61. The zero-order chi connectivity index (χ0) is 20.6. The Kier molecular flexibility index (Phi) is 7.09. The maximum Gasteiger partial charge on any atom is 0.148 e. The van der Waals surface area contributed by atoms with Crippen LogP contribution in [0, 0.1) is 5.92 Å². The maximum atomic E-state index is 4.45. The fraction of sp³-hybridized carbons (Fsp3) is 0.385. The van der Waals surface area contributed by atoms with Crippen molar-refractivity contribution >= 4 is 5.82 Å². The molecule has 1 aliphatic rings. The minimum atomic E-state index is 0.799. The highest BCUT2D eigenvalue weighted by molar-refractivity contribution is 5.63. The van der Waals surface area contributed by atoms with E-state index in [9.17, 15) is 0 Å². The molecule has 0 bridgehead atoms. The first-order chi connectivity index (χ1) is 14.8. The first-order valence-electron chi connectivity index (χ1n) is 11.2.